The molecule has 3 saturated heterocycles. The minimum atomic E-state index is -1.97. The predicted molar refractivity (Wildman–Crippen MR) is 347 cm³/mol. The SMILES string of the molecule is CCCCCCCCCC/C=C\CCCCCCCCCCCCCC(=O)NC(COC1OC(CO)C(OC2OC(CO)C(OC3OC(CO)C(O)C(O)C3O)C(O)C2O)C(O)C1O)C(O)CCCCCCCCCCCCCCCCCCCCCCC. The number of hydrogen-bond donors (Lipinski definition) is 12. The number of aliphatic hydroxyl groups excluding tert-OH is 11. The summed E-state index contributed by atoms with van der Waals surface area (Å²) in [5, 5.41) is 121. The molecule has 3 aliphatic rings. The van der Waals surface area contributed by atoms with Gasteiger partial charge in [-0.1, -0.05) is 264 Å². The molecule has 12 N–H and O–H groups in total. The quantitative estimate of drug-likeness (QED) is 0.0199. The Morgan fingerprint density at radius 3 is 1.09 bits per heavy atom. The van der Waals surface area contributed by atoms with Crippen LogP contribution in [0.15, 0.2) is 12.2 Å². The number of nitrogens with one attached hydrogen (secondary N) is 1. The molecule has 17 atom stereocenters. The Morgan fingerprint density at radius 2 is 0.708 bits per heavy atom. The van der Waals surface area contributed by atoms with Crippen LogP contribution in [0.2, 0.25) is 0 Å². The molecular formula is C70H133NO18. The second-order valence-corrected chi connectivity index (χ2v) is 26.4. The topological polar surface area (TPSA) is 307 Å². The van der Waals surface area contributed by atoms with E-state index in [2.05, 4.69) is 31.3 Å². The summed E-state index contributed by atoms with van der Waals surface area (Å²) in [4.78, 5) is 13.4. The van der Waals surface area contributed by atoms with Gasteiger partial charge in [0.2, 0.25) is 5.91 Å². The summed E-state index contributed by atoms with van der Waals surface area (Å²) >= 11 is 0. The molecular weight excluding hydrogens is 1140 g/mol. The summed E-state index contributed by atoms with van der Waals surface area (Å²) in [6.07, 6.45) is 31.4. The first-order valence-corrected chi connectivity index (χ1v) is 36.4. The van der Waals surface area contributed by atoms with Crippen LogP contribution in [0.1, 0.15) is 296 Å². The molecule has 1 amide bonds. The molecule has 0 aromatic heterocycles. The van der Waals surface area contributed by atoms with Crippen LogP contribution in [-0.2, 0) is 33.2 Å². The molecule has 3 heterocycles. The van der Waals surface area contributed by atoms with Gasteiger partial charge in [-0.05, 0) is 38.5 Å². The minimum absolute atomic E-state index is 0.238. The van der Waals surface area contributed by atoms with Gasteiger partial charge >= 0.3 is 0 Å². The molecule has 0 spiro atoms. The highest BCUT2D eigenvalue weighted by Gasteiger charge is 2.53. The van der Waals surface area contributed by atoms with E-state index in [0.29, 0.717) is 12.8 Å². The molecule has 89 heavy (non-hydrogen) atoms. The van der Waals surface area contributed by atoms with Crippen molar-refractivity contribution in [2.75, 3.05) is 26.4 Å². The van der Waals surface area contributed by atoms with Crippen molar-refractivity contribution >= 4 is 5.91 Å². The summed E-state index contributed by atoms with van der Waals surface area (Å²) in [6, 6.07) is -0.885. The second-order valence-electron chi connectivity index (χ2n) is 26.4. The second kappa shape index (κ2) is 52.8. The molecule has 3 fully saturated rings. The zero-order chi connectivity index (χ0) is 64.7. The van der Waals surface area contributed by atoms with E-state index in [0.717, 1.165) is 44.9 Å². The number of amides is 1. The van der Waals surface area contributed by atoms with Crippen molar-refractivity contribution in [2.45, 2.75) is 401 Å². The van der Waals surface area contributed by atoms with Crippen molar-refractivity contribution in [3.63, 3.8) is 0 Å². The van der Waals surface area contributed by atoms with E-state index < -0.39 is 124 Å². The summed E-state index contributed by atoms with van der Waals surface area (Å²) in [6.45, 7) is 1.84. The van der Waals surface area contributed by atoms with Crippen molar-refractivity contribution in [1.29, 1.82) is 0 Å². The van der Waals surface area contributed by atoms with Gasteiger partial charge in [0.15, 0.2) is 18.9 Å². The fraction of sp³-hybridized carbons (Fsp3) is 0.957. The largest absolute Gasteiger partial charge is 0.394 e. The van der Waals surface area contributed by atoms with Gasteiger partial charge in [0, 0.05) is 6.42 Å². The molecule has 19 nitrogen and oxygen atoms in total. The number of ether oxygens (including phenoxy) is 6. The van der Waals surface area contributed by atoms with E-state index in [9.17, 15) is 61.0 Å². The smallest absolute Gasteiger partial charge is 0.220 e. The Kier molecular flexibility index (Phi) is 48.5. The molecule has 3 aliphatic heterocycles. The lowest BCUT2D eigenvalue weighted by Crippen LogP contribution is -2.66. The Morgan fingerprint density at radius 1 is 0.393 bits per heavy atom. The van der Waals surface area contributed by atoms with Crippen molar-refractivity contribution < 1.29 is 89.4 Å². The van der Waals surface area contributed by atoms with E-state index in [1.54, 1.807) is 0 Å². The van der Waals surface area contributed by atoms with Gasteiger partial charge in [0.25, 0.3) is 0 Å². The first-order valence-electron chi connectivity index (χ1n) is 36.4. The summed E-state index contributed by atoms with van der Waals surface area (Å²) in [7, 11) is 0. The van der Waals surface area contributed by atoms with E-state index in [-0.39, 0.29) is 18.9 Å². The Labute approximate surface area is 537 Å². The van der Waals surface area contributed by atoms with Gasteiger partial charge in [-0.25, -0.2) is 0 Å². The van der Waals surface area contributed by atoms with Gasteiger partial charge in [0.05, 0.1) is 38.6 Å². The fourth-order valence-corrected chi connectivity index (χ4v) is 12.7. The van der Waals surface area contributed by atoms with Crippen LogP contribution >= 0.6 is 0 Å². The normalized spacial score (nSPS) is 28.2. The van der Waals surface area contributed by atoms with Crippen LogP contribution in [0.3, 0.4) is 0 Å². The molecule has 526 valence electrons. The third-order valence-corrected chi connectivity index (χ3v) is 18.6. The molecule has 3 rings (SSSR count). The zero-order valence-corrected chi connectivity index (χ0v) is 55.7. The van der Waals surface area contributed by atoms with Crippen LogP contribution in [0.4, 0.5) is 0 Å². The first-order chi connectivity index (χ1) is 43.3. The van der Waals surface area contributed by atoms with Gasteiger partial charge < -0.3 is 89.9 Å². The van der Waals surface area contributed by atoms with E-state index in [4.69, 9.17) is 28.4 Å². The lowest BCUT2D eigenvalue weighted by Gasteiger charge is -2.48. The highest BCUT2D eigenvalue weighted by molar-refractivity contribution is 5.76. The number of rotatable bonds is 57. The van der Waals surface area contributed by atoms with Crippen LogP contribution in [0.5, 0.6) is 0 Å². The number of carbonyl (C=O) groups excluding carboxylic acids is 1. The first kappa shape index (κ1) is 81.8. The van der Waals surface area contributed by atoms with E-state index in [1.807, 2.05) is 0 Å². The van der Waals surface area contributed by atoms with Crippen LogP contribution in [0, 0.1) is 0 Å². The molecule has 0 aromatic rings. The van der Waals surface area contributed by atoms with Gasteiger partial charge in [0.1, 0.15) is 73.2 Å². The van der Waals surface area contributed by atoms with Gasteiger partial charge in [-0.3, -0.25) is 4.79 Å². The summed E-state index contributed by atoms with van der Waals surface area (Å²) in [5.41, 5.74) is 0. The standard InChI is InChI=1S/C70H133NO18/c1-3-5-7-9-11-13-15-17-19-21-23-25-26-28-30-32-34-36-38-40-42-44-46-48-58(76)71-53(54(75)47-45-43-41-39-37-35-33-31-29-27-24-22-20-18-16-14-12-10-8-6-4-2)52-84-68-64(82)61(79)66(56(50-73)86-68)89-70-65(83)62(80)67(57(51-74)87-70)88-69-63(81)60(78)59(77)55(49-72)85-69/h21,23,53-57,59-70,72-75,77-83H,3-20,22,24-52H2,1-2H3,(H,71,76)/b23-21-. The number of allylic oxidation sites excluding steroid dienone is 2. The molecule has 17 unspecified atom stereocenters. The number of unbranched alkanes of at least 4 members (excludes halogenated alkanes) is 39. The molecule has 0 aliphatic carbocycles. The van der Waals surface area contributed by atoms with Crippen LogP contribution in [-0.4, -0.2) is 193 Å². The molecule has 0 saturated carbocycles. The highest BCUT2D eigenvalue weighted by atomic mass is 16.8. The number of hydrogen-bond acceptors (Lipinski definition) is 18. The Bertz CT molecular complexity index is 1670. The summed E-state index contributed by atoms with van der Waals surface area (Å²) in [5.74, 6) is -0.238. The molecule has 0 aromatic carbocycles. The monoisotopic (exact) mass is 1280 g/mol. The van der Waals surface area contributed by atoms with Gasteiger partial charge in [-0.15, -0.1) is 0 Å². The van der Waals surface area contributed by atoms with Crippen molar-refractivity contribution in [2.24, 2.45) is 0 Å². The highest BCUT2D eigenvalue weighted by Crippen LogP contribution is 2.33. The average molecular weight is 1280 g/mol. The van der Waals surface area contributed by atoms with E-state index >= 15 is 0 Å². The molecule has 19 heteroatoms. The van der Waals surface area contributed by atoms with Crippen molar-refractivity contribution in [3.05, 3.63) is 12.2 Å². The summed E-state index contributed by atoms with van der Waals surface area (Å²) < 4.78 is 34.5. The predicted octanol–water partition coefficient (Wildman–Crippen LogP) is 10.1. The average Bonchev–Trinajstić information content (AvgIpc) is 2.09. The Hall–Kier alpha value is -1.47. The number of carbonyl (C=O) groups is 1. The van der Waals surface area contributed by atoms with Crippen LogP contribution in [0.25, 0.3) is 0 Å². The fourth-order valence-electron chi connectivity index (χ4n) is 12.7. The lowest BCUT2D eigenvalue weighted by molar-refractivity contribution is -0.379. The maximum Gasteiger partial charge on any atom is 0.220 e. The van der Waals surface area contributed by atoms with Crippen LogP contribution < -0.4 is 5.32 Å². The maximum absolute atomic E-state index is 13.4. The lowest BCUT2D eigenvalue weighted by atomic mass is 9.96. The maximum atomic E-state index is 13.4. The van der Waals surface area contributed by atoms with Crippen molar-refractivity contribution in [3.8, 4) is 0 Å². The number of aliphatic hydroxyl groups is 11. The van der Waals surface area contributed by atoms with E-state index in [1.165, 1.54) is 218 Å². The third kappa shape index (κ3) is 34.7. The zero-order valence-electron chi connectivity index (χ0n) is 55.7. The third-order valence-electron chi connectivity index (χ3n) is 18.6. The van der Waals surface area contributed by atoms with Gasteiger partial charge in [-0.2, -0.15) is 0 Å². The Balaban J connectivity index is 1.42. The molecule has 0 radical (unpaired) electrons. The molecule has 0 bridgehead atoms. The van der Waals surface area contributed by atoms with Crippen molar-refractivity contribution in [1.82, 2.24) is 5.32 Å². The minimum Gasteiger partial charge on any atom is -0.394 e.